The summed E-state index contributed by atoms with van der Waals surface area (Å²) in [5.41, 5.74) is 0. The van der Waals surface area contributed by atoms with Crippen LogP contribution in [-0.2, 0) is 14.3 Å². The Kier molecular flexibility index (Phi) is 5.97. The fourth-order valence-corrected chi connectivity index (χ4v) is 1.95. The Balaban J connectivity index is 2.10. The lowest BCUT2D eigenvalue weighted by Crippen LogP contribution is -2.36. The van der Waals surface area contributed by atoms with Crippen LogP contribution >= 0.6 is 0 Å². The van der Waals surface area contributed by atoms with Crippen molar-refractivity contribution in [3.05, 3.63) is 0 Å². The number of carbonyl (C=O) groups excluding carboxylic acids is 1. The molecule has 0 heterocycles. The Morgan fingerprint density at radius 2 is 2.00 bits per heavy atom. The molecule has 1 rings (SSSR count). The Bertz CT molecular complexity index is 261. The summed E-state index contributed by atoms with van der Waals surface area (Å²) in [6, 6.07) is 0.299. The molecule has 1 aliphatic carbocycles. The van der Waals surface area contributed by atoms with E-state index in [1.807, 2.05) is 0 Å². The first kappa shape index (κ1) is 14.0. The minimum absolute atomic E-state index is 0.0468. The number of hydrogen-bond donors (Lipinski definition) is 2. The predicted octanol–water partition coefficient (Wildman–Crippen LogP) is 1.32. The van der Waals surface area contributed by atoms with Gasteiger partial charge in [0.25, 0.3) is 0 Å². The third-order valence-corrected chi connectivity index (χ3v) is 3.02. The number of hydrogen-bond acceptors (Lipinski definition) is 3. The molecular weight excluding hydrogens is 222 g/mol. The van der Waals surface area contributed by atoms with Crippen LogP contribution in [0.15, 0.2) is 0 Å². The van der Waals surface area contributed by atoms with Gasteiger partial charge in [0.2, 0.25) is 5.91 Å². The van der Waals surface area contributed by atoms with E-state index < -0.39 is 12.1 Å². The quantitative estimate of drug-likeness (QED) is 0.737. The molecule has 0 aromatic rings. The minimum Gasteiger partial charge on any atom is -0.479 e. The van der Waals surface area contributed by atoms with Gasteiger partial charge >= 0.3 is 5.97 Å². The van der Waals surface area contributed by atoms with Gasteiger partial charge in [-0.05, 0) is 19.8 Å². The smallest absolute Gasteiger partial charge is 0.332 e. The lowest BCUT2D eigenvalue weighted by atomic mass is 9.95. The molecule has 5 nitrogen and oxygen atoms in total. The maximum atomic E-state index is 11.5. The zero-order chi connectivity index (χ0) is 12.7. The molecule has 17 heavy (non-hydrogen) atoms. The molecule has 0 saturated heterocycles. The van der Waals surface area contributed by atoms with Crippen molar-refractivity contribution in [3.63, 3.8) is 0 Å². The summed E-state index contributed by atoms with van der Waals surface area (Å²) in [4.78, 5) is 22.0. The maximum absolute atomic E-state index is 11.5. The average molecular weight is 243 g/mol. The average Bonchev–Trinajstić information content (AvgIpc) is 2.30. The second-order valence-electron chi connectivity index (χ2n) is 4.50. The van der Waals surface area contributed by atoms with Crippen LogP contribution < -0.4 is 5.32 Å². The highest BCUT2D eigenvalue weighted by Crippen LogP contribution is 2.17. The third-order valence-electron chi connectivity index (χ3n) is 3.02. The molecule has 0 spiro atoms. The van der Waals surface area contributed by atoms with Gasteiger partial charge < -0.3 is 15.2 Å². The minimum atomic E-state index is -1.00. The van der Waals surface area contributed by atoms with Crippen molar-refractivity contribution in [1.82, 2.24) is 5.32 Å². The fraction of sp³-hybridized carbons (Fsp3) is 0.833. The summed E-state index contributed by atoms with van der Waals surface area (Å²) in [6.45, 7) is 1.62. The van der Waals surface area contributed by atoms with E-state index in [0.717, 1.165) is 12.8 Å². The van der Waals surface area contributed by atoms with Gasteiger partial charge in [0.05, 0.1) is 6.61 Å². The highest BCUT2D eigenvalue weighted by Gasteiger charge is 2.16. The second-order valence-corrected chi connectivity index (χ2v) is 4.50. The monoisotopic (exact) mass is 243 g/mol. The maximum Gasteiger partial charge on any atom is 0.332 e. The summed E-state index contributed by atoms with van der Waals surface area (Å²) in [5, 5.41) is 11.5. The molecule has 1 amide bonds. The van der Waals surface area contributed by atoms with Crippen molar-refractivity contribution in [2.45, 2.75) is 57.6 Å². The molecule has 0 bridgehead atoms. The molecule has 2 N–H and O–H groups in total. The normalized spacial score (nSPS) is 18.6. The van der Waals surface area contributed by atoms with Gasteiger partial charge in [0.1, 0.15) is 0 Å². The van der Waals surface area contributed by atoms with Crippen LogP contribution in [0.5, 0.6) is 0 Å². The second kappa shape index (κ2) is 7.27. The zero-order valence-electron chi connectivity index (χ0n) is 10.3. The van der Waals surface area contributed by atoms with E-state index in [9.17, 15) is 9.59 Å². The van der Waals surface area contributed by atoms with E-state index in [2.05, 4.69) is 5.32 Å². The van der Waals surface area contributed by atoms with Crippen LogP contribution in [-0.4, -0.2) is 35.7 Å². The third kappa shape index (κ3) is 5.68. The van der Waals surface area contributed by atoms with Crippen LogP contribution in [0.1, 0.15) is 45.4 Å². The van der Waals surface area contributed by atoms with Gasteiger partial charge in [-0.25, -0.2) is 4.79 Å². The van der Waals surface area contributed by atoms with Crippen LogP contribution in [0.3, 0.4) is 0 Å². The van der Waals surface area contributed by atoms with Crippen LogP contribution in [0.25, 0.3) is 0 Å². The molecule has 1 atom stereocenters. The van der Waals surface area contributed by atoms with E-state index in [1.54, 1.807) is 0 Å². The Labute approximate surface area is 102 Å². The van der Waals surface area contributed by atoms with Crippen molar-refractivity contribution in [2.24, 2.45) is 0 Å². The van der Waals surface area contributed by atoms with Crippen LogP contribution in [0, 0.1) is 0 Å². The molecule has 1 fully saturated rings. The number of carboxylic acids is 1. The Morgan fingerprint density at radius 1 is 1.35 bits per heavy atom. The topological polar surface area (TPSA) is 75.6 Å². The molecule has 0 aromatic heterocycles. The first-order valence-corrected chi connectivity index (χ1v) is 6.23. The Hall–Kier alpha value is -1.10. The van der Waals surface area contributed by atoms with Crippen molar-refractivity contribution < 1.29 is 19.4 Å². The highest BCUT2D eigenvalue weighted by atomic mass is 16.5. The van der Waals surface area contributed by atoms with E-state index in [0.29, 0.717) is 6.04 Å². The number of carbonyl (C=O) groups is 2. The number of aliphatic carboxylic acids is 1. The van der Waals surface area contributed by atoms with E-state index >= 15 is 0 Å². The lowest BCUT2D eigenvalue weighted by molar-refractivity contribution is -0.149. The highest BCUT2D eigenvalue weighted by molar-refractivity contribution is 5.76. The van der Waals surface area contributed by atoms with Crippen molar-refractivity contribution >= 4 is 11.9 Å². The fourth-order valence-electron chi connectivity index (χ4n) is 1.95. The molecule has 0 radical (unpaired) electrons. The van der Waals surface area contributed by atoms with E-state index in [-0.39, 0.29) is 18.9 Å². The van der Waals surface area contributed by atoms with Gasteiger partial charge in [-0.3, -0.25) is 4.79 Å². The molecular formula is C12H21NO4. The summed E-state index contributed by atoms with van der Waals surface area (Å²) in [6.07, 6.45) is 5.10. The largest absolute Gasteiger partial charge is 0.479 e. The predicted molar refractivity (Wildman–Crippen MR) is 62.7 cm³/mol. The first-order chi connectivity index (χ1) is 8.09. The summed E-state index contributed by atoms with van der Waals surface area (Å²) in [5.74, 6) is -1.05. The van der Waals surface area contributed by atoms with Crippen molar-refractivity contribution in [1.29, 1.82) is 0 Å². The molecule has 0 aliphatic heterocycles. The number of carboxylic acid groups (broad SMARTS) is 1. The summed E-state index contributed by atoms with van der Waals surface area (Å²) < 4.78 is 5.00. The van der Waals surface area contributed by atoms with Gasteiger partial charge in [-0.15, -0.1) is 0 Å². The van der Waals surface area contributed by atoms with Gasteiger partial charge in [0, 0.05) is 12.5 Å². The standard InChI is InChI=1S/C12H21NO4/c1-9(12(15)16)17-8-7-11(14)13-10-5-3-2-4-6-10/h9-10H,2-8H2,1H3,(H,13,14)(H,15,16)/t9-/m0/s1. The number of rotatable bonds is 6. The van der Waals surface area contributed by atoms with Crippen molar-refractivity contribution in [2.75, 3.05) is 6.61 Å². The Morgan fingerprint density at radius 3 is 2.59 bits per heavy atom. The summed E-state index contributed by atoms with van der Waals surface area (Å²) >= 11 is 0. The zero-order valence-corrected chi connectivity index (χ0v) is 10.3. The molecule has 98 valence electrons. The lowest BCUT2D eigenvalue weighted by Gasteiger charge is -2.22. The molecule has 5 heteroatoms. The van der Waals surface area contributed by atoms with Crippen molar-refractivity contribution in [3.8, 4) is 0 Å². The van der Waals surface area contributed by atoms with Crippen LogP contribution in [0.4, 0.5) is 0 Å². The number of ether oxygens (including phenoxy) is 1. The van der Waals surface area contributed by atoms with Gasteiger partial charge in [-0.2, -0.15) is 0 Å². The molecule has 1 aliphatic rings. The van der Waals surface area contributed by atoms with Crippen LogP contribution in [0.2, 0.25) is 0 Å². The summed E-state index contributed by atoms with van der Waals surface area (Å²) in [7, 11) is 0. The molecule has 1 saturated carbocycles. The van der Waals surface area contributed by atoms with Gasteiger partial charge in [-0.1, -0.05) is 19.3 Å². The van der Waals surface area contributed by atoms with E-state index in [4.69, 9.17) is 9.84 Å². The number of nitrogens with one attached hydrogen (secondary N) is 1. The SMILES string of the molecule is C[C@H](OCCC(=O)NC1CCCCC1)C(=O)O. The molecule has 0 aromatic carbocycles. The first-order valence-electron chi connectivity index (χ1n) is 6.23. The van der Waals surface area contributed by atoms with E-state index in [1.165, 1.54) is 26.2 Å². The van der Waals surface area contributed by atoms with Gasteiger partial charge in [0.15, 0.2) is 6.10 Å². The number of amides is 1. The molecule has 0 unspecified atom stereocenters.